The Bertz CT molecular complexity index is 880. The SMILES string of the molecule is O=C([C@H]1CCCN(S(=O)(=O)c2cccs2)C1)N(Cc1ccncc1)C1CC1. The highest BCUT2D eigenvalue weighted by atomic mass is 32.2. The number of thiophene rings is 1. The van der Waals surface area contributed by atoms with E-state index in [9.17, 15) is 13.2 Å². The van der Waals surface area contributed by atoms with Crippen molar-refractivity contribution in [1.82, 2.24) is 14.2 Å². The Hall–Kier alpha value is -1.77. The van der Waals surface area contributed by atoms with E-state index in [2.05, 4.69) is 4.98 Å². The van der Waals surface area contributed by atoms with Crippen molar-refractivity contribution in [2.75, 3.05) is 13.1 Å². The van der Waals surface area contributed by atoms with Crippen LogP contribution in [-0.2, 0) is 21.4 Å². The summed E-state index contributed by atoms with van der Waals surface area (Å²) in [5.41, 5.74) is 1.06. The standard InChI is InChI=1S/C19H23N3O3S2/c23-19(22(17-5-6-17)13-15-7-9-20-10-8-15)16-3-1-11-21(14-16)27(24,25)18-4-2-12-26-18/h2,4,7-10,12,16-17H,1,3,5-6,11,13-14H2/t16-/m0/s1. The van der Waals surface area contributed by atoms with Gasteiger partial charge in [-0.3, -0.25) is 9.78 Å². The number of hydrogen-bond acceptors (Lipinski definition) is 5. The Morgan fingerprint density at radius 1 is 1.22 bits per heavy atom. The molecule has 0 unspecified atom stereocenters. The van der Waals surface area contributed by atoms with E-state index in [1.807, 2.05) is 17.0 Å². The van der Waals surface area contributed by atoms with Crippen LogP contribution < -0.4 is 0 Å². The summed E-state index contributed by atoms with van der Waals surface area (Å²) >= 11 is 1.23. The molecular formula is C19H23N3O3S2. The fraction of sp³-hybridized carbons (Fsp3) is 0.474. The summed E-state index contributed by atoms with van der Waals surface area (Å²) in [5.74, 6) is -0.184. The minimum atomic E-state index is -3.50. The number of carbonyl (C=O) groups is 1. The highest BCUT2D eigenvalue weighted by molar-refractivity contribution is 7.91. The van der Waals surface area contributed by atoms with Crippen LogP contribution in [0, 0.1) is 5.92 Å². The number of nitrogens with zero attached hydrogens (tertiary/aromatic N) is 3. The Kier molecular flexibility index (Phi) is 5.29. The number of amides is 1. The van der Waals surface area contributed by atoms with Crippen molar-refractivity contribution in [3.05, 3.63) is 47.6 Å². The van der Waals surface area contributed by atoms with E-state index in [1.165, 1.54) is 15.6 Å². The number of piperidine rings is 1. The van der Waals surface area contributed by atoms with Gasteiger partial charge in [-0.25, -0.2) is 8.42 Å². The molecule has 0 radical (unpaired) electrons. The van der Waals surface area contributed by atoms with Gasteiger partial charge in [-0.1, -0.05) is 6.07 Å². The molecular weight excluding hydrogens is 382 g/mol. The highest BCUT2D eigenvalue weighted by Gasteiger charge is 2.39. The van der Waals surface area contributed by atoms with Crippen LogP contribution in [0.3, 0.4) is 0 Å². The minimum Gasteiger partial charge on any atom is -0.335 e. The average molecular weight is 406 g/mol. The summed E-state index contributed by atoms with van der Waals surface area (Å²) in [7, 11) is -3.50. The zero-order valence-electron chi connectivity index (χ0n) is 15.0. The number of carbonyl (C=O) groups excluding carboxylic acids is 1. The molecule has 2 aliphatic rings. The first-order chi connectivity index (χ1) is 13.1. The molecule has 0 spiro atoms. The average Bonchev–Trinajstić information content (AvgIpc) is 3.38. The summed E-state index contributed by atoms with van der Waals surface area (Å²) < 4.78 is 27.5. The number of pyridine rings is 1. The summed E-state index contributed by atoms with van der Waals surface area (Å²) in [6.07, 6.45) is 6.99. The molecule has 1 saturated heterocycles. The van der Waals surface area contributed by atoms with Crippen molar-refractivity contribution in [3.8, 4) is 0 Å². The van der Waals surface area contributed by atoms with Gasteiger partial charge in [0.25, 0.3) is 10.0 Å². The highest BCUT2D eigenvalue weighted by Crippen LogP contribution is 2.33. The van der Waals surface area contributed by atoms with E-state index in [0.29, 0.717) is 17.3 Å². The number of rotatable bonds is 6. The third-order valence-electron chi connectivity index (χ3n) is 5.20. The molecule has 0 N–H and O–H groups in total. The van der Waals surface area contributed by atoms with Crippen molar-refractivity contribution >= 4 is 27.3 Å². The summed E-state index contributed by atoms with van der Waals surface area (Å²) in [6, 6.07) is 7.52. The first-order valence-electron chi connectivity index (χ1n) is 9.29. The lowest BCUT2D eigenvalue weighted by Crippen LogP contribution is -2.47. The Morgan fingerprint density at radius 3 is 2.67 bits per heavy atom. The maximum Gasteiger partial charge on any atom is 0.252 e. The molecule has 0 aromatic carbocycles. The Labute approximate surface area is 163 Å². The van der Waals surface area contributed by atoms with E-state index in [0.717, 1.165) is 31.2 Å². The molecule has 0 bridgehead atoms. The second-order valence-electron chi connectivity index (χ2n) is 7.19. The fourth-order valence-corrected chi connectivity index (χ4v) is 6.26. The van der Waals surface area contributed by atoms with E-state index in [1.54, 1.807) is 29.9 Å². The van der Waals surface area contributed by atoms with Gasteiger partial charge >= 0.3 is 0 Å². The van der Waals surface area contributed by atoms with Gasteiger partial charge in [0, 0.05) is 38.1 Å². The van der Waals surface area contributed by atoms with Crippen molar-refractivity contribution in [3.63, 3.8) is 0 Å². The van der Waals surface area contributed by atoms with E-state index >= 15 is 0 Å². The predicted molar refractivity (Wildman–Crippen MR) is 104 cm³/mol. The zero-order chi connectivity index (χ0) is 18.9. The molecule has 2 aromatic heterocycles. The maximum absolute atomic E-state index is 13.2. The first-order valence-corrected chi connectivity index (χ1v) is 11.6. The monoisotopic (exact) mass is 405 g/mol. The second kappa shape index (κ2) is 7.69. The third-order valence-corrected chi connectivity index (χ3v) is 8.43. The molecule has 2 fully saturated rings. The van der Waals surface area contributed by atoms with Gasteiger partial charge in [-0.05, 0) is 54.8 Å². The Morgan fingerprint density at radius 2 is 2.00 bits per heavy atom. The Balaban J connectivity index is 1.49. The minimum absolute atomic E-state index is 0.0837. The summed E-state index contributed by atoms with van der Waals surface area (Å²) in [4.78, 5) is 19.2. The van der Waals surface area contributed by atoms with E-state index < -0.39 is 10.0 Å². The van der Waals surface area contributed by atoms with Crippen LogP contribution in [0.25, 0.3) is 0 Å². The number of sulfonamides is 1. The van der Waals surface area contributed by atoms with E-state index in [-0.39, 0.29) is 24.4 Å². The third kappa shape index (κ3) is 4.07. The largest absolute Gasteiger partial charge is 0.335 e. The fourth-order valence-electron chi connectivity index (χ4n) is 3.59. The molecule has 6 nitrogen and oxygen atoms in total. The topological polar surface area (TPSA) is 70.6 Å². The molecule has 144 valence electrons. The van der Waals surface area contributed by atoms with Gasteiger partial charge in [0.15, 0.2) is 0 Å². The van der Waals surface area contributed by atoms with Gasteiger partial charge in [0.2, 0.25) is 5.91 Å². The van der Waals surface area contributed by atoms with Crippen LogP contribution in [0.4, 0.5) is 0 Å². The number of aromatic nitrogens is 1. The second-order valence-corrected chi connectivity index (χ2v) is 10.3. The van der Waals surface area contributed by atoms with Gasteiger partial charge in [0.05, 0.1) is 5.92 Å². The van der Waals surface area contributed by atoms with Crippen LogP contribution in [0.15, 0.2) is 46.2 Å². The molecule has 1 aliphatic carbocycles. The van der Waals surface area contributed by atoms with Gasteiger partial charge in [-0.15, -0.1) is 11.3 Å². The van der Waals surface area contributed by atoms with Crippen molar-refractivity contribution < 1.29 is 13.2 Å². The smallest absolute Gasteiger partial charge is 0.252 e. The summed E-state index contributed by atoms with van der Waals surface area (Å²) in [5, 5.41) is 1.77. The van der Waals surface area contributed by atoms with Crippen LogP contribution >= 0.6 is 11.3 Å². The van der Waals surface area contributed by atoms with Crippen molar-refractivity contribution in [1.29, 1.82) is 0 Å². The first kappa shape index (κ1) is 18.6. The van der Waals surface area contributed by atoms with Crippen molar-refractivity contribution in [2.24, 2.45) is 5.92 Å². The molecule has 1 amide bonds. The van der Waals surface area contributed by atoms with Gasteiger partial charge in [0.1, 0.15) is 4.21 Å². The van der Waals surface area contributed by atoms with Crippen LogP contribution in [0.1, 0.15) is 31.2 Å². The predicted octanol–water partition coefficient (Wildman–Crippen LogP) is 2.74. The molecule has 8 heteroatoms. The number of hydrogen-bond donors (Lipinski definition) is 0. The van der Waals surface area contributed by atoms with Gasteiger partial charge in [-0.2, -0.15) is 4.31 Å². The van der Waals surface area contributed by atoms with E-state index in [4.69, 9.17) is 0 Å². The lowest BCUT2D eigenvalue weighted by atomic mass is 9.97. The molecule has 4 rings (SSSR count). The van der Waals surface area contributed by atoms with Crippen LogP contribution in [-0.4, -0.2) is 47.6 Å². The van der Waals surface area contributed by atoms with Crippen LogP contribution in [0.2, 0.25) is 0 Å². The zero-order valence-corrected chi connectivity index (χ0v) is 16.7. The normalized spacial score (nSPS) is 21.1. The molecule has 1 atom stereocenters. The summed E-state index contributed by atoms with van der Waals surface area (Å²) in [6.45, 7) is 1.33. The lowest BCUT2D eigenvalue weighted by Gasteiger charge is -2.34. The molecule has 1 aliphatic heterocycles. The van der Waals surface area contributed by atoms with Crippen LogP contribution in [0.5, 0.6) is 0 Å². The lowest BCUT2D eigenvalue weighted by molar-refractivity contribution is -0.138. The maximum atomic E-state index is 13.2. The van der Waals surface area contributed by atoms with Crippen molar-refractivity contribution in [2.45, 2.75) is 42.5 Å². The molecule has 27 heavy (non-hydrogen) atoms. The molecule has 2 aromatic rings. The molecule has 3 heterocycles. The molecule has 1 saturated carbocycles. The van der Waals surface area contributed by atoms with Gasteiger partial charge < -0.3 is 4.90 Å². The quantitative estimate of drug-likeness (QED) is 0.741.